The first-order valence-electron chi connectivity index (χ1n) is 10.4. The molecule has 4 rings (SSSR count). The fraction of sp³-hybridized carbons (Fsp3) is 0.545. The third kappa shape index (κ3) is 5.50. The molecule has 150 valence electrons. The van der Waals surface area contributed by atoms with Crippen molar-refractivity contribution >= 4 is 5.82 Å². The first-order chi connectivity index (χ1) is 13.7. The van der Waals surface area contributed by atoms with Crippen LogP contribution < -0.4 is 5.73 Å². The Labute approximate surface area is 167 Å². The van der Waals surface area contributed by atoms with Gasteiger partial charge >= 0.3 is 0 Å². The van der Waals surface area contributed by atoms with Crippen LogP contribution in [-0.2, 0) is 17.8 Å². The van der Waals surface area contributed by atoms with Crippen LogP contribution in [0.5, 0.6) is 0 Å². The van der Waals surface area contributed by atoms with Gasteiger partial charge in [-0.1, -0.05) is 0 Å². The van der Waals surface area contributed by atoms with Crippen molar-refractivity contribution in [1.29, 1.82) is 0 Å². The summed E-state index contributed by atoms with van der Waals surface area (Å²) in [5.41, 5.74) is 8.38. The standard InChI is InChI=1S/C22H31N5O/c23-22-15-19(3-10-25-22)17-27-13-6-21(7-14-27)28-20-4-11-26(12-5-20)16-18-1-8-24-9-2-18/h1-3,8-10,15,20-21H,4-7,11-14,16-17H2,(H2,23,25). The van der Waals surface area contributed by atoms with Crippen LogP contribution in [0.25, 0.3) is 0 Å². The molecule has 2 saturated heterocycles. The van der Waals surface area contributed by atoms with E-state index >= 15 is 0 Å². The van der Waals surface area contributed by atoms with E-state index < -0.39 is 0 Å². The largest absolute Gasteiger partial charge is 0.384 e. The van der Waals surface area contributed by atoms with Gasteiger partial charge < -0.3 is 10.5 Å². The number of nitrogens with zero attached hydrogens (tertiary/aromatic N) is 4. The summed E-state index contributed by atoms with van der Waals surface area (Å²) in [5.74, 6) is 0.603. The van der Waals surface area contributed by atoms with E-state index in [4.69, 9.17) is 10.5 Å². The summed E-state index contributed by atoms with van der Waals surface area (Å²) in [5, 5.41) is 0. The average molecular weight is 382 g/mol. The van der Waals surface area contributed by atoms with Crippen LogP contribution in [0, 0.1) is 0 Å². The fourth-order valence-corrected chi connectivity index (χ4v) is 4.28. The molecule has 2 N–H and O–H groups in total. The maximum atomic E-state index is 6.46. The van der Waals surface area contributed by atoms with E-state index in [0.717, 1.165) is 65.0 Å². The minimum Gasteiger partial charge on any atom is -0.384 e. The van der Waals surface area contributed by atoms with Crippen LogP contribution in [0.1, 0.15) is 36.8 Å². The lowest BCUT2D eigenvalue weighted by Crippen LogP contribution is -2.41. The van der Waals surface area contributed by atoms with Crippen molar-refractivity contribution in [3.8, 4) is 0 Å². The molecule has 2 aliphatic rings. The molecule has 0 radical (unpaired) electrons. The summed E-state index contributed by atoms with van der Waals surface area (Å²) in [7, 11) is 0. The zero-order valence-electron chi connectivity index (χ0n) is 16.5. The molecule has 0 saturated carbocycles. The Kier molecular flexibility index (Phi) is 6.52. The highest BCUT2D eigenvalue weighted by atomic mass is 16.5. The van der Waals surface area contributed by atoms with Gasteiger partial charge in [0.15, 0.2) is 0 Å². The highest BCUT2D eigenvalue weighted by Crippen LogP contribution is 2.22. The number of anilines is 1. The molecule has 4 heterocycles. The molecule has 0 aromatic carbocycles. The lowest BCUT2D eigenvalue weighted by Gasteiger charge is -2.37. The van der Waals surface area contributed by atoms with E-state index in [0.29, 0.717) is 18.0 Å². The van der Waals surface area contributed by atoms with Gasteiger partial charge in [0.05, 0.1) is 12.2 Å². The van der Waals surface area contributed by atoms with Crippen molar-refractivity contribution in [2.24, 2.45) is 0 Å². The monoisotopic (exact) mass is 381 g/mol. The number of aromatic nitrogens is 2. The summed E-state index contributed by atoms with van der Waals surface area (Å²) in [6.07, 6.45) is 10.9. The summed E-state index contributed by atoms with van der Waals surface area (Å²) in [6, 6.07) is 8.24. The molecule has 0 amide bonds. The van der Waals surface area contributed by atoms with Crippen LogP contribution in [0.4, 0.5) is 5.82 Å². The van der Waals surface area contributed by atoms with Crippen LogP contribution >= 0.6 is 0 Å². The molecule has 0 aliphatic carbocycles. The van der Waals surface area contributed by atoms with Crippen molar-refractivity contribution in [3.63, 3.8) is 0 Å². The van der Waals surface area contributed by atoms with Gasteiger partial charge in [0.2, 0.25) is 0 Å². The summed E-state index contributed by atoms with van der Waals surface area (Å²) in [6.45, 7) is 6.39. The number of pyridine rings is 2. The molecule has 2 aliphatic heterocycles. The Morgan fingerprint density at radius 2 is 1.36 bits per heavy atom. The number of piperidine rings is 2. The van der Waals surface area contributed by atoms with E-state index in [-0.39, 0.29) is 0 Å². The predicted molar refractivity (Wildman–Crippen MR) is 111 cm³/mol. The summed E-state index contributed by atoms with van der Waals surface area (Å²) >= 11 is 0. The normalized spacial score (nSPS) is 20.4. The van der Waals surface area contributed by atoms with Crippen molar-refractivity contribution in [1.82, 2.24) is 19.8 Å². The van der Waals surface area contributed by atoms with Crippen LogP contribution in [0.15, 0.2) is 42.9 Å². The second-order valence-electron chi connectivity index (χ2n) is 8.03. The van der Waals surface area contributed by atoms with Crippen LogP contribution in [-0.4, -0.2) is 58.2 Å². The van der Waals surface area contributed by atoms with Gasteiger partial charge in [-0.2, -0.15) is 0 Å². The number of hydrogen-bond acceptors (Lipinski definition) is 6. The number of rotatable bonds is 6. The van der Waals surface area contributed by atoms with E-state index in [1.54, 1.807) is 6.20 Å². The van der Waals surface area contributed by atoms with Crippen molar-refractivity contribution in [2.75, 3.05) is 31.9 Å². The summed E-state index contributed by atoms with van der Waals surface area (Å²) in [4.78, 5) is 13.2. The van der Waals surface area contributed by atoms with Crippen molar-refractivity contribution in [3.05, 3.63) is 54.0 Å². The Morgan fingerprint density at radius 3 is 1.93 bits per heavy atom. The molecule has 0 unspecified atom stereocenters. The molecule has 2 aromatic rings. The number of nitrogens with two attached hydrogens (primary N) is 1. The third-order valence-corrected chi connectivity index (χ3v) is 5.86. The molecule has 2 fully saturated rings. The first-order valence-corrected chi connectivity index (χ1v) is 10.4. The quantitative estimate of drug-likeness (QED) is 0.830. The van der Waals surface area contributed by atoms with Gasteiger partial charge in [0, 0.05) is 57.9 Å². The third-order valence-electron chi connectivity index (χ3n) is 5.86. The van der Waals surface area contributed by atoms with Gasteiger partial charge in [-0.3, -0.25) is 14.8 Å². The average Bonchev–Trinajstić information content (AvgIpc) is 2.72. The van der Waals surface area contributed by atoms with Gasteiger partial charge in [0.1, 0.15) is 5.82 Å². The maximum Gasteiger partial charge on any atom is 0.123 e. The number of hydrogen-bond donors (Lipinski definition) is 1. The van der Waals surface area contributed by atoms with Gasteiger partial charge in [-0.05, 0) is 61.1 Å². The van der Waals surface area contributed by atoms with E-state index in [2.05, 4.69) is 38.0 Å². The molecule has 0 bridgehead atoms. The van der Waals surface area contributed by atoms with Crippen LogP contribution in [0.2, 0.25) is 0 Å². The molecule has 6 nitrogen and oxygen atoms in total. The van der Waals surface area contributed by atoms with E-state index in [9.17, 15) is 0 Å². The zero-order valence-corrected chi connectivity index (χ0v) is 16.5. The molecule has 6 heteroatoms. The van der Waals surface area contributed by atoms with Gasteiger partial charge in [-0.15, -0.1) is 0 Å². The van der Waals surface area contributed by atoms with E-state index in [1.807, 2.05) is 18.5 Å². The lowest BCUT2D eigenvalue weighted by atomic mass is 10.0. The molecular formula is C22H31N5O. The number of ether oxygens (including phenoxy) is 1. The Hall–Kier alpha value is -2.02. The maximum absolute atomic E-state index is 6.46. The Balaban J connectivity index is 1.16. The summed E-state index contributed by atoms with van der Waals surface area (Å²) < 4.78 is 6.46. The SMILES string of the molecule is Nc1cc(CN2CCC(OC3CCN(Cc4ccncc4)CC3)CC2)ccn1. The fourth-order valence-electron chi connectivity index (χ4n) is 4.28. The second kappa shape index (κ2) is 9.45. The molecule has 28 heavy (non-hydrogen) atoms. The van der Waals surface area contributed by atoms with Gasteiger partial charge in [0.25, 0.3) is 0 Å². The number of likely N-dealkylation sites (tertiary alicyclic amines) is 2. The molecule has 0 spiro atoms. The zero-order chi connectivity index (χ0) is 19.2. The van der Waals surface area contributed by atoms with Crippen molar-refractivity contribution < 1.29 is 4.74 Å². The highest BCUT2D eigenvalue weighted by Gasteiger charge is 2.26. The molecule has 0 atom stereocenters. The Morgan fingerprint density at radius 1 is 0.821 bits per heavy atom. The molecule has 2 aromatic heterocycles. The first kappa shape index (κ1) is 19.3. The highest BCUT2D eigenvalue weighted by molar-refractivity contribution is 5.31. The molecular weight excluding hydrogens is 350 g/mol. The van der Waals surface area contributed by atoms with Gasteiger partial charge in [-0.25, -0.2) is 4.98 Å². The minimum absolute atomic E-state index is 0.413. The van der Waals surface area contributed by atoms with Crippen LogP contribution in [0.3, 0.4) is 0 Å². The lowest BCUT2D eigenvalue weighted by molar-refractivity contribution is -0.0664. The Bertz CT molecular complexity index is 725. The number of nitrogen functional groups attached to an aromatic ring is 1. The smallest absolute Gasteiger partial charge is 0.123 e. The van der Waals surface area contributed by atoms with Crippen molar-refractivity contribution in [2.45, 2.75) is 51.0 Å². The topological polar surface area (TPSA) is 67.5 Å². The predicted octanol–water partition coefficient (Wildman–Crippen LogP) is 2.70. The minimum atomic E-state index is 0.413. The second-order valence-corrected chi connectivity index (χ2v) is 8.03. The van der Waals surface area contributed by atoms with E-state index in [1.165, 1.54) is 11.1 Å².